The first kappa shape index (κ1) is 21.9. The van der Waals surface area contributed by atoms with Crippen molar-refractivity contribution in [2.24, 2.45) is 0 Å². The maximum Gasteiger partial charge on any atom is 0.253 e. The lowest BCUT2D eigenvalue weighted by Crippen LogP contribution is -2.46. The van der Waals surface area contributed by atoms with Gasteiger partial charge in [0.1, 0.15) is 11.6 Å². The summed E-state index contributed by atoms with van der Waals surface area (Å²) in [7, 11) is 0. The smallest absolute Gasteiger partial charge is 0.253 e. The lowest BCUT2D eigenvalue weighted by molar-refractivity contribution is 0.0736. The molecule has 2 heterocycles. The lowest BCUT2D eigenvalue weighted by Gasteiger charge is -2.27. The van der Waals surface area contributed by atoms with Crippen molar-refractivity contribution in [2.75, 3.05) is 38.0 Å². The average Bonchev–Trinajstić information content (AvgIpc) is 2.83. The molecule has 6 nitrogen and oxygen atoms in total. The fourth-order valence-electron chi connectivity index (χ4n) is 3.76. The molecule has 32 heavy (non-hydrogen) atoms. The third-order valence-electron chi connectivity index (χ3n) is 5.81. The van der Waals surface area contributed by atoms with Crippen LogP contribution < -0.4 is 10.6 Å². The summed E-state index contributed by atoms with van der Waals surface area (Å²) >= 11 is 0. The Labute approximate surface area is 187 Å². The fraction of sp³-hybridized carbons (Fsp3) is 0.320. The molecule has 3 aromatic rings. The van der Waals surface area contributed by atoms with Gasteiger partial charge in [0.15, 0.2) is 0 Å². The summed E-state index contributed by atoms with van der Waals surface area (Å²) in [4.78, 5) is 14.7. The van der Waals surface area contributed by atoms with Gasteiger partial charge in [0, 0.05) is 49.3 Å². The lowest BCUT2D eigenvalue weighted by atomic mass is 9.84. The number of hydrogen-bond acceptors (Lipinski definition) is 5. The highest BCUT2D eigenvalue weighted by Gasteiger charge is 2.21. The van der Waals surface area contributed by atoms with Crippen LogP contribution in [0, 0.1) is 5.82 Å². The van der Waals surface area contributed by atoms with E-state index in [9.17, 15) is 9.18 Å². The van der Waals surface area contributed by atoms with Gasteiger partial charge in [0.25, 0.3) is 5.91 Å². The monoisotopic (exact) mass is 433 g/mol. The maximum atomic E-state index is 13.2. The van der Waals surface area contributed by atoms with Gasteiger partial charge in [-0.3, -0.25) is 4.79 Å². The quantitative estimate of drug-likeness (QED) is 0.620. The molecule has 0 saturated carbocycles. The summed E-state index contributed by atoms with van der Waals surface area (Å²) in [6.07, 6.45) is 0. The molecular formula is C25H28FN5O. The standard InChI is InChI=1S/C25H28FN5O/c1-25(2,20-6-8-21(26)9-7-20)17-28-23-11-10-22(29-30-23)18-4-3-5-19(16-18)24(32)31-14-12-27-13-15-31/h3-11,16,27H,12-15,17H2,1-2H3,(H,28,30). The highest BCUT2D eigenvalue weighted by Crippen LogP contribution is 2.24. The second-order valence-electron chi connectivity index (χ2n) is 8.67. The summed E-state index contributed by atoms with van der Waals surface area (Å²) in [6, 6.07) is 17.9. The fourth-order valence-corrected chi connectivity index (χ4v) is 3.76. The molecular weight excluding hydrogens is 405 g/mol. The van der Waals surface area contributed by atoms with Crippen molar-refractivity contribution < 1.29 is 9.18 Å². The summed E-state index contributed by atoms with van der Waals surface area (Å²) in [5.41, 5.74) is 3.07. The predicted molar refractivity (Wildman–Crippen MR) is 124 cm³/mol. The number of carbonyl (C=O) groups excluding carboxylic acids is 1. The first-order chi connectivity index (χ1) is 15.4. The number of rotatable bonds is 6. The van der Waals surface area contributed by atoms with Crippen molar-refractivity contribution >= 4 is 11.7 Å². The van der Waals surface area contributed by atoms with Crippen molar-refractivity contribution in [3.8, 4) is 11.3 Å². The number of nitrogens with zero attached hydrogens (tertiary/aromatic N) is 3. The normalized spacial score (nSPS) is 14.3. The van der Waals surface area contributed by atoms with Crippen LogP contribution in [0.2, 0.25) is 0 Å². The number of halogens is 1. The Morgan fingerprint density at radius 3 is 2.50 bits per heavy atom. The van der Waals surface area contributed by atoms with Crippen LogP contribution in [0.4, 0.5) is 10.2 Å². The largest absolute Gasteiger partial charge is 0.368 e. The van der Waals surface area contributed by atoms with E-state index in [1.807, 2.05) is 41.3 Å². The predicted octanol–water partition coefficient (Wildman–Crippen LogP) is 3.72. The Morgan fingerprint density at radius 1 is 1.06 bits per heavy atom. The minimum atomic E-state index is -0.238. The van der Waals surface area contributed by atoms with E-state index in [-0.39, 0.29) is 17.1 Å². The van der Waals surface area contributed by atoms with Crippen molar-refractivity contribution in [3.05, 3.63) is 77.6 Å². The second kappa shape index (κ2) is 9.44. The van der Waals surface area contributed by atoms with Crippen LogP contribution in [0.15, 0.2) is 60.7 Å². The molecule has 0 aliphatic carbocycles. The molecule has 0 unspecified atom stereocenters. The zero-order chi connectivity index (χ0) is 22.6. The van der Waals surface area contributed by atoms with Gasteiger partial charge in [-0.05, 0) is 42.0 Å². The first-order valence-electron chi connectivity index (χ1n) is 10.9. The Hall–Kier alpha value is -3.32. The van der Waals surface area contributed by atoms with E-state index >= 15 is 0 Å². The number of benzene rings is 2. The number of piperazine rings is 1. The van der Waals surface area contributed by atoms with Crippen LogP contribution in [0.1, 0.15) is 29.8 Å². The molecule has 0 spiro atoms. The highest BCUT2D eigenvalue weighted by molar-refractivity contribution is 5.95. The molecule has 4 rings (SSSR count). The van der Waals surface area contributed by atoms with Gasteiger partial charge in [-0.2, -0.15) is 0 Å². The molecule has 1 amide bonds. The Kier molecular flexibility index (Phi) is 6.46. The Balaban J connectivity index is 1.42. The highest BCUT2D eigenvalue weighted by atomic mass is 19.1. The molecule has 1 aliphatic rings. The summed E-state index contributed by atoms with van der Waals surface area (Å²) in [5, 5.41) is 15.2. The molecule has 0 bridgehead atoms. The van der Waals surface area contributed by atoms with Gasteiger partial charge >= 0.3 is 0 Å². The molecule has 1 saturated heterocycles. The van der Waals surface area contributed by atoms with Crippen molar-refractivity contribution in [1.29, 1.82) is 0 Å². The molecule has 1 aliphatic heterocycles. The van der Waals surface area contributed by atoms with E-state index in [0.717, 1.165) is 37.3 Å². The molecule has 7 heteroatoms. The van der Waals surface area contributed by atoms with Crippen LogP contribution in [0.3, 0.4) is 0 Å². The van der Waals surface area contributed by atoms with E-state index in [0.29, 0.717) is 23.6 Å². The Bertz CT molecular complexity index is 1060. The van der Waals surface area contributed by atoms with E-state index in [1.54, 1.807) is 12.1 Å². The van der Waals surface area contributed by atoms with Crippen LogP contribution in [-0.4, -0.2) is 53.7 Å². The molecule has 1 fully saturated rings. The first-order valence-corrected chi connectivity index (χ1v) is 10.9. The van der Waals surface area contributed by atoms with Crippen molar-refractivity contribution in [3.63, 3.8) is 0 Å². The van der Waals surface area contributed by atoms with Crippen molar-refractivity contribution in [1.82, 2.24) is 20.4 Å². The van der Waals surface area contributed by atoms with Crippen LogP contribution >= 0.6 is 0 Å². The number of carbonyl (C=O) groups is 1. The summed E-state index contributed by atoms with van der Waals surface area (Å²) < 4.78 is 13.2. The van der Waals surface area contributed by atoms with Gasteiger partial charge in [0.2, 0.25) is 0 Å². The van der Waals surface area contributed by atoms with Gasteiger partial charge in [-0.15, -0.1) is 10.2 Å². The van der Waals surface area contributed by atoms with Gasteiger partial charge in [-0.1, -0.05) is 38.1 Å². The molecule has 166 valence electrons. The summed E-state index contributed by atoms with van der Waals surface area (Å²) in [5.74, 6) is 0.470. The van der Waals surface area contributed by atoms with E-state index in [2.05, 4.69) is 34.7 Å². The number of nitrogens with one attached hydrogen (secondary N) is 2. The SMILES string of the molecule is CC(C)(CNc1ccc(-c2cccc(C(=O)N3CCNCC3)c2)nn1)c1ccc(F)cc1. The molecule has 2 N–H and O–H groups in total. The van der Waals surface area contributed by atoms with Gasteiger partial charge < -0.3 is 15.5 Å². The Morgan fingerprint density at radius 2 is 1.81 bits per heavy atom. The second-order valence-corrected chi connectivity index (χ2v) is 8.67. The molecule has 0 atom stereocenters. The zero-order valence-corrected chi connectivity index (χ0v) is 18.4. The zero-order valence-electron chi connectivity index (χ0n) is 18.4. The third kappa shape index (κ3) is 5.11. The minimum absolute atomic E-state index is 0.0441. The van der Waals surface area contributed by atoms with Gasteiger partial charge in [-0.25, -0.2) is 4.39 Å². The number of anilines is 1. The van der Waals surface area contributed by atoms with E-state index in [1.165, 1.54) is 12.1 Å². The van der Waals surface area contributed by atoms with Crippen LogP contribution in [0.25, 0.3) is 11.3 Å². The molecule has 0 radical (unpaired) electrons. The molecule has 1 aromatic heterocycles. The van der Waals surface area contributed by atoms with Crippen molar-refractivity contribution in [2.45, 2.75) is 19.3 Å². The third-order valence-corrected chi connectivity index (χ3v) is 5.81. The number of amides is 1. The number of aromatic nitrogens is 2. The maximum absolute atomic E-state index is 13.2. The minimum Gasteiger partial charge on any atom is -0.368 e. The van der Waals surface area contributed by atoms with E-state index in [4.69, 9.17) is 0 Å². The number of hydrogen-bond donors (Lipinski definition) is 2. The summed E-state index contributed by atoms with van der Waals surface area (Å²) in [6.45, 7) is 7.90. The van der Waals surface area contributed by atoms with Crippen LogP contribution in [0.5, 0.6) is 0 Å². The topological polar surface area (TPSA) is 70.2 Å². The van der Waals surface area contributed by atoms with E-state index < -0.39 is 0 Å². The van der Waals surface area contributed by atoms with Crippen LogP contribution in [-0.2, 0) is 5.41 Å². The van der Waals surface area contributed by atoms with Gasteiger partial charge in [0.05, 0.1) is 5.69 Å². The average molecular weight is 434 g/mol. The molecule has 2 aromatic carbocycles.